The van der Waals surface area contributed by atoms with Crippen LogP contribution in [0.15, 0.2) is 12.3 Å². The van der Waals surface area contributed by atoms with E-state index < -0.39 is 0 Å². The third-order valence-electron chi connectivity index (χ3n) is 3.20. The van der Waals surface area contributed by atoms with Crippen LogP contribution in [0, 0.1) is 5.41 Å². The third-order valence-corrected chi connectivity index (χ3v) is 3.20. The Kier molecular flexibility index (Phi) is 2.99. The second-order valence-corrected chi connectivity index (χ2v) is 5.26. The highest BCUT2D eigenvalue weighted by Gasteiger charge is 2.30. The molecule has 4 heteroatoms. The van der Waals surface area contributed by atoms with Crippen molar-refractivity contribution in [2.45, 2.75) is 39.2 Å². The van der Waals surface area contributed by atoms with Gasteiger partial charge >= 0.3 is 0 Å². The zero-order chi connectivity index (χ0) is 11.6. The van der Waals surface area contributed by atoms with Crippen LogP contribution in [-0.4, -0.2) is 23.1 Å². The molecule has 88 valence electrons. The monoisotopic (exact) mass is 220 g/mol. The Balaban J connectivity index is 1.99. The standard InChI is InChI=1S/C12H20N4/c1-12(2)6-4-9(8-12)15-10-5-7-14-11(13-3)16-10/h5,7,9H,4,6,8H2,1-3H3,(H2,13,14,15,16). The van der Waals surface area contributed by atoms with Gasteiger partial charge in [-0.1, -0.05) is 13.8 Å². The lowest BCUT2D eigenvalue weighted by Crippen LogP contribution is -2.18. The molecule has 0 aromatic carbocycles. The number of nitrogens with zero attached hydrogens (tertiary/aromatic N) is 2. The normalized spacial score (nSPS) is 23.1. The molecule has 4 nitrogen and oxygen atoms in total. The molecule has 1 atom stereocenters. The first-order chi connectivity index (χ1) is 7.59. The van der Waals surface area contributed by atoms with Gasteiger partial charge < -0.3 is 10.6 Å². The molecule has 1 heterocycles. The second kappa shape index (κ2) is 4.28. The van der Waals surface area contributed by atoms with E-state index in [-0.39, 0.29) is 0 Å². The fraction of sp³-hybridized carbons (Fsp3) is 0.667. The van der Waals surface area contributed by atoms with E-state index in [1.54, 1.807) is 6.20 Å². The summed E-state index contributed by atoms with van der Waals surface area (Å²) in [5, 5.41) is 6.43. The molecule has 1 aromatic heterocycles. The molecule has 0 saturated heterocycles. The summed E-state index contributed by atoms with van der Waals surface area (Å²) >= 11 is 0. The number of nitrogens with one attached hydrogen (secondary N) is 2. The lowest BCUT2D eigenvalue weighted by atomic mass is 9.92. The number of aromatic nitrogens is 2. The molecular formula is C12H20N4. The molecule has 2 rings (SSSR count). The Bertz CT molecular complexity index is 362. The maximum absolute atomic E-state index is 4.37. The maximum atomic E-state index is 4.37. The Hall–Kier alpha value is -1.32. The molecule has 0 bridgehead atoms. The Labute approximate surface area is 96.9 Å². The highest BCUT2D eigenvalue weighted by atomic mass is 15.1. The van der Waals surface area contributed by atoms with E-state index >= 15 is 0 Å². The molecule has 1 aromatic rings. The second-order valence-electron chi connectivity index (χ2n) is 5.26. The molecular weight excluding hydrogens is 200 g/mol. The van der Waals surface area contributed by atoms with E-state index in [2.05, 4.69) is 34.4 Å². The molecule has 0 amide bonds. The van der Waals surface area contributed by atoms with Gasteiger partial charge in [-0.05, 0) is 30.7 Å². The van der Waals surface area contributed by atoms with Crippen molar-refractivity contribution in [2.75, 3.05) is 17.7 Å². The summed E-state index contributed by atoms with van der Waals surface area (Å²) in [6.07, 6.45) is 5.51. The third kappa shape index (κ3) is 2.62. The van der Waals surface area contributed by atoms with Gasteiger partial charge in [0.05, 0.1) is 0 Å². The van der Waals surface area contributed by atoms with Crippen LogP contribution in [0.3, 0.4) is 0 Å². The zero-order valence-corrected chi connectivity index (χ0v) is 10.2. The van der Waals surface area contributed by atoms with Crippen LogP contribution in [0.1, 0.15) is 33.1 Å². The van der Waals surface area contributed by atoms with Gasteiger partial charge in [-0.2, -0.15) is 4.98 Å². The average molecular weight is 220 g/mol. The zero-order valence-electron chi connectivity index (χ0n) is 10.2. The van der Waals surface area contributed by atoms with E-state index in [1.165, 1.54) is 19.3 Å². The summed E-state index contributed by atoms with van der Waals surface area (Å²) in [4.78, 5) is 8.47. The summed E-state index contributed by atoms with van der Waals surface area (Å²) in [5.74, 6) is 1.59. The minimum atomic E-state index is 0.469. The van der Waals surface area contributed by atoms with E-state index in [4.69, 9.17) is 0 Å². The van der Waals surface area contributed by atoms with Crippen molar-refractivity contribution < 1.29 is 0 Å². The SMILES string of the molecule is CNc1nccc(NC2CCC(C)(C)C2)n1. The van der Waals surface area contributed by atoms with Gasteiger partial charge in [-0.15, -0.1) is 0 Å². The van der Waals surface area contributed by atoms with E-state index in [0.717, 1.165) is 5.82 Å². The van der Waals surface area contributed by atoms with Crippen LogP contribution >= 0.6 is 0 Å². The molecule has 0 spiro atoms. The molecule has 1 aliphatic carbocycles. The van der Waals surface area contributed by atoms with Gasteiger partial charge in [0.1, 0.15) is 5.82 Å². The van der Waals surface area contributed by atoms with Gasteiger partial charge in [0.15, 0.2) is 0 Å². The Morgan fingerprint density at radius 3 is 2.88 bits per heavy atom. The van der Waals surface area contributed by atoms with E-state index in [9.17, 15) is 0 Å². The molecule has 16 heavy (non-hydrogen) atoms. The molecule has 2 N–H and O–H groups in total. The Morgan fingerprint density at radius 2 is 2.25 bits per heavy atom. The van der Waals surface area contributed by atoms with Crippen LogP contribution in [0.5, 0.6) is 0 Å². The van der Waals surface area contributed by atoms with Crippen molar-refractivity contribution in [3.8, 4) is 0 Å². The van der Waals surface area contributed by atoms with Gasteiger partial charge in [-0.3, -0.25) is 0 Å². The van der Waals surface area contributed by atoms with Crippen molar-refractivity contribution in [3.63, 3.8) is 0 Å². The minimum absolute atomic E-state index is 0.469. The smallest absolute Gasteiger partial charge is 0.224 e. The van der Waals surface area contributed by atoms with Crippen molar-refractivity contribution >= 4 is 11.8 Å². The van der Waals surface area contributed by atoms with Crippen LogP contribution in [-0.2, 0) is 0 Å². The largest absolute Gasteiger partial charge is 0.367 e. The maximum Gasteiger partial charge on any atom is 0.224 e. The summed E-state index contributed by atoms with van der Waals surface area (Å²) in [6.45, 7) is 4.65. The van der Waals surface area contributed by atoms with E-state index in [0.29, 0.717) is 17.4 Å². The summed E-state index contributed by atoms with van der Waals surface area (Å²) in [6, 6.07) is 2.47. The molecule has 1 unspecified atom stereocenters. The van der Waals surface area contributed by atoms with Crippen LogP contribution in [0.2, 0.25) is 0 Å². The molecule has 1 saturated carbocycles. The van der Waals surface area contributed by atoms with Crippen molar-refractivity contribution in [1.82, 2.24) is 9.97 Å². The van der Waals surface area contributed by atoms with Crippen molar-refractivity contribution in [2.24, 2.45) is 5.41 Å². The quantitative estimate of drug-likeness (QED) is 0.821. The number of rotatable bonds is 3. The van der Waals surface area contributed by atoms with Gasteiger partial charge in [0, 0.05) is 19.3 Å². The number of hydrogen-bond acceptors (Lipinski definition) is 4. The highest BCUT2D eigenvalue weighted by molar-refractivity contribution is 5.40. The van der Waals surface area contributed by atoms with E-state index in [1.807, 2.05) is 13.1 Å². The lowest BCUT2D eigenvalue weighted by Gasteiger charge is -2.18. The van der Waals surface area contributed by atoms with Crippen molar-refractivity contribution in [3.05, 3.63) is 12.3 Å². The average Bonchev–Trinajstić information content (AvgIpc) is 2.58. The first kappa shape index (κ1) is 11.2. The fourth-order valence-electron chi connectivity index (χ4n) is 2.33. The van der Waals surface area contributed by atoms with Gasteiger partial charge in [-0.25, -0.2) is 4.98 Å². The fourth-order valence-corrected chi connectivity index (χ4v) is 2.33. The molecule has 0 aliphatic heterocycles. The highest BCUT2D eigenvalue weighted by Crippen LogP contribution is 2.38. The molecule has 1 fully saturated rings. The topological polar surface area (TPSA) is 49.8 Å². The minimum Gasteiger partial charge on any atom is -0.367 e. The van der Waals surface area contributed by atoms with Crippen LogP contribution in [0.4, 0.5) is 11.8 Å². The van der Waals surface area contributed by atoms with Gasteiger partial charge in [0.2, 0.25) is 5.95 Å². The molecule has 1 aliphatic rings. The first-order valence-electron chi connectivity index (χ1n) is 5.86. The van der Waals surface area contributed by atoms with Crippen molar-refractivity contribution in [1.29, 1.82) is 0 Å². The van der Waals surface area contributed by atoms with Crippen LogP contribution in [0.25, 0.3) is 0 Å². The lowest BCUT2D eigenvalue weighted by molar-refractivity contribution is 0.378. The Morgan fingerprint density at radius 1 is 1.44 bits per heavy atom. The molecule has 0 radical (unpaired) electrons. The summed E-state index contributed by atoms with van der Waals surface area (Å²) in [7, 11) is 1.83. The number of anilines is 2. The first-order valence-corrected chi connectivity index (χ1v) is 5.86. The predicted molar refractivity (Wildman–Crippen MR) is 66.6 cm³/mol. The van der Waals surface area contributed by atoms with Crippen LogP contribution < -0.4 is 10.6 Å². The summed E-state index contributed by atoms with van der Waals surface area (Å²) in [5.41, 5.74) is 0.469. The van der Waals surface area contributed by atoms with Gasteiger partial charge in [0.25, 0.3) is 0 Å². The number of hydrogen-bond donors (Lipinski definition) is 2. The summed E-state index contributed by atoms with van der Waals surface area (Å²) < 4.78 is 0. The predicted octanol–water partition coefficient (Wildman–Crippen LogP) is 2.51.